The number of hydrogen-bond donors (Lipinski definition) is 2. The van der Waals surface area contributed by atoms with Gasteiger partial charge in [0.25, 0.3) is 0 Å². The Balaban J connectivity index is 2.05. The van der Waals surface area contributed by atoms with Crippen molar-refractivity contribution >= 4 is 23.2 Å². The van der Waals surface area contributed by atoms with E-state index >= 15 is 0 Å². The maximum Gasteiger partial charge on any atom is 0.499 e. The first-order valence-corrected chi connectivity index (χ1v) is 7.50. The Morgan fingerprint density at radius 2 is 1.65 bits per heavy atom. The summed E-state index contributed by atoms with van der Waals surface area (Å²) in [6.45, 7) is 2.24. The summed E-state index contributed by atoms with van der Waals surface area (Å²) in [5, 5.41) is 18.0. The molecule has 0 aliphatic carbocycles. The van der Waals surface area contributed by atoms with Gasteiger partial charge in [-0.15, -0.1) is 11.3 Å². The predicted molar refractivity (Wildman–Crippen MR) is 75.8 cm³/mol. The summed E-state index contributed by atoms with van der Waals surface area (Å²) < 4.78 is 0.656. The van der Waals surface area contributed by atoms with Crippen LogP contribution in [0.25, 0.3) is 0 Å². The van der Waals surface area contributed by atoms with E-state index in [9.17, 15) is 0 Å². The minimum absolute atomic E-state index is 0.656. The van der Waals surface area contributed by atoms with Crippen molar-refractivity contribution in [2.45, 2.75) is 58.3 Å². The number of thiophene rings is 1. The molecule has 1 aromatic rings. The number of rotatable bonds is 9. The second-order valence-corrected chi connectivity index (χ2v) is 5.75. The Kier molecular flexibility index (Phi) is 7.57. The fraction of sp³-hybridized carbons (Fsp3) is 0.692. The van der Waals surface area contributed by atoms with Crippen LogP contribution in [-0.2, 0) is 6.42 Å². The molecule has 0 bridgehead atoms. The lowest BCUT2D eigenvalue weighted by molar-refractivity contribution is 0.427. The summed E-state index contributed by atoms with van der Waals surface area (Å²) in [5.74, 6) is 0. The Hall–Kier alpha value is -0.315. The van der Waals surface area contributed by atoms with Gasteiger partial charge in [-0.25, -0.2) is 0 Å². The van der Waals surface area contributed by atoms with Gasteiger partial charge in [-0.05, 0) is 18.9 Å². The van der Waals surface area contributed by atoms with Crippen LogP contribution in [0.5, 0.6) is 0 Å². The van der Waals surface area contributed by atoms with Gasteiger partial charge in [0.15, 0.2) is 0 Å². The first-order chi connectivity index (χ1) is 8.24. The fourth-order valence-corrected chi connectivity index (χ4v) is 2.85. The van der Waals surface area contributed by atoms with Crippen LogP contribution in [0.2, 0.25) is 0 Å². The van der Waals surface area contributed by atoms with E-state index < -0.39 is 7.12 Å². The smallest absolute Gasteiger partial charge is 0.423 e. The Bertz CT molecular complexity index is 299. The van der Waals surface area contributed by atoms with Crippen LogP contribution in [0.15, 0.2) is 12.1 Å². The monoisotopic (exact) mass is 254 g/mol. The molecule has 1 rings (SSSR count). The molecule has 0 aliphatic heterocycles. The van der Waals surface area contributed by atoms with Gasteiger partial charge in [-0.2, -0.15) is 0 Å². The Morgan fingerprint density at radius 3 is 2.24 bits per heavy atom. The molecule has 2 N–H and O–H groups in total. The summed E-state index contributed by atoms with van der Waals surface area (Å²) >= 11 is 1.51. The first-order valence-electron chi connectivity index (χ1n) is 6.68. The molecule has 0 radical (unpaired) electrons. The van der Waals surface area contributed by atoms with E-state index in [-0.39, 0.29) is 0 Å². The summed E-state index contributed by atoms with van der Waals surface area (Å²) in [7, 11) is -1.30. The molecule has 0 spiro atoms. The average Bonchev–Trinajstić information content (AvgIpc) is 2.77. The van der Waals surface area contributed by atoms with Gasteiger partial charge in [0.2, 0.25) is 0 Å². The molecule has 1 heterocycles. The lowest BCUT2D eigenvalue weighted by Gasteiger charge is -2.00. The topological polar surface area (TPSA) is 40.5 Å². The zero-order valence-corrected chi connectivity index (χ0v) is 11.5. The van der Waals surface area contributed by atoms with Crippen molar-refractivity contribution in [1.82, 2.24) is 0 Å². The highest BCUT2D eigenvalue weighted by Crippen LogP contribution is 2.13. The molecule has 0 saturated heterocycles. The molecule has 0 atom stereocenters. The molecule has 0 fully saturated rings. The molecule has 0 amide bonds. The van der Waals surface area contributed by atoms with Gasteiger partial charge in [-0.1, -0.05) is 51.5 Å². The van der Waals surface area contributed by atoms with Gasteiger partial charge in [-0.3, -0.25) is 0 Å². The summed E-state index contributed by atoms with van der Waals surface area (Å²) in [4.78, 5) is 1.27. The molecule has 96 valence electrons. The lowest BCUT2D eigenvalue weighted by Crippen LogP contribution is -2.26. The Labute approximate surface area is 109 Å². The molecule has 0 aromatic carbocycles. The second-order valence-electron chi connectivity index (χ2n) is 4.55. The van der Waals surface area contributed by atoms with Gasteiger partial charge < -0.3 is 10.0 Å². The van der Waals surface area contributed by atoms with Gasteiger partial charge in [0, 0.05) is 9.65 Å². The van der Waals surface area contributed by atoms with Crippen molar-refractivity contribution in [3.05, 3.63) is 17.0 Å². The highest BCUT2D eigenvalue weighted by atomic mass is 32.1. The third-order valence-corrected chi connectivity index (χ3v) is 4.15. The zero-order chi connectivity index (χ0) is 12.5. The number of hydrogen-bond acceptors (Lipinski definition) is 3. The maximum absolute atomic E-state index is 9.00. The van der Waals surface area contributed by atoms with Gasteiger partial charge in [0.1, 0.15) is 0 Å². The third kappa shape index (κ3) is 6.25. The first kappa shape index (κ1) is 14.7. The molecule has 1 aromatic heterocycles. The van der Waals surface area contributed by atoms with Crippen LogP contribution in [-0.4, -0.2) is 17.2 Å². The van der Waals surface area contributed by atoms with E-state index in [4.69, 9.17) is 10.0 Å². The van der Waals surface area contributed by atoms with E-state index in [1.807, 2.05) is 12.1 Å². The Morgan fingerprint density at radius 1 is 1.00 bits per heavy atom. The maximum atomic E-state index is 9.00. The van der Waals surface area contributed by atoms with Crippen LogP contribution < -0.4 is 4.78 Å². The van der Waals surface area contributed by atoms with E-state index in [1.165, 1.54) is 61.2 Å². The van der Waals surface area contributed by atoms with Crippen LogP contribution in [0.1, 0.15) is 56.7 Å². The molecule has 0 saturated carbocycles. The third-order valence-electron chi connectivity index (χ3n) is 2.96. The molecule has 2 nitrogen and oxygen atoms in total. The van der Waals surface area contributed by atoms with Crippen molar-refractivity contribution < 1.29 is 10.0 Å². The SMILES string of the molecule is CCCCCCCCCc1ccc(B(O)O)s1. The molecular formula is C13H23BO2S. The van der Waals surface area contributed by atoms with Crippen LogP contribution in [0, 0.1) is 0 Å². The van der Waals surface area contributed by atoms with E-state index in [2.05, 4.69) is 6.92 Å². The quantitative estimate of drug-likeness (QED) is 0.525. The van der Waals surface area contributed by atoms with E-state index in [1.54, 1.807) is 0 Å². The van der Waals surface area contributed by atoms with Crippen molar-refractivity contribution in [3.8, 4) is 0 Å². The average molecular weight is 254 g/mol. The van der Waals surface area contributed by atoms with Crippen molar-refractivity contribution in [2.24, 2.45) is 0 Å². The van der Waals surface area contributed by atoms with Crippen LogP contribution in [0.3, 0.4) is 0 Å². The zero-order valence-electron chi connectivity index (χ0n) is 10.7. The molecule has 0 aliphatic rings. The molecule has 0 unspecified atom stereocenters. The highest BCUT2D eigenvalue weighted by Gasteiger charge is 2.13. The van der Waals surface area contributed by atoms with Crippen molar-refractivity contribution in [1.29, 1.82) is 0 Å². The minimum atomic E-state index is -1.30. The molecule has 4 heteroatoms. The lowest BCUT2D eigenvalue weighted by atomic mass is 9.90. The van der Waals surface area contributed by atoms with Crippen LogP contribution >= 0.6 is 11.3 Å². The number of aryl methyl sites for hydroxylation is 1. The van der Waals surface area contributed by atoms with E-state index in [0.717, 1.165) is 6.42 Å². The largest absolute Gasteiger partial charge is 0.499 e. The second kappa shape index (κ2) is 8.73. The van der Waals surface area contributed by atoms with Gasteiger partial charge in [0.05, 0.1) is 0 Å². The van der Waals surface area contributed by atoms with E-state index in [0.29, 0.717) is 4.78 Å². The highest BCUT2D eigenvalue weighted by molar-refractivity contribution is 7.22. The standard InChI is InChI=1S/C13H23BO2S/c1-2-3-4-5-6-7-8-9-12-10-11-13(17-12)14(15)16/h10-11,15-16H,2-9H2,1H3. The summed E-state index contributed by atoms with van der Waals surface area (Å²) in [6, 6.07) is 3.82. The summed E-state index contributed by atoms with van der Waals surface area (Å²) in [5.41, 5.74) is 0. The fourth-order valence-electron chi connectivity index (χ4n) is 1.92. The van der Waals surface area contributed by atoms with Crippen LogP contribution in [0.4, 0.5) is 0 Å². The molecule has 17 heavy (non-hydrogen) atoms. The normalized spacial score (nSPS) is 10.8. The van der Waals surface area contributed by atoms with Crippen molar-refractivity contribution in [3.63, 3.8) is 0 Å². The summed E-state index contributed by atoms with van der Waals surface area (Å²) in [6.07, 6.45) is 10.3. The van der Waals surface area contributed by atoms with Gasteiger partial charge >= 0.3 is 7.12 Å². The van der Waals surface area contributed by atoms with Crippen molar-refractivity contribution in [2.75, 3.05) is 0 Å². The number of unbranched alkanes of at least 4 members (excludes halogenated alkanes) is 6. The predicted octanol–water partition coefficient (Wildman–Crippen LogP) is 2.72. The minimum Gasteiger partial charge on any atom is -0.423 e. The molecular weight excluding hydrogens is 231 g/mol.